The van der Waals surface area contributed by atoms with Crippen LogP contribution in [-0.4, -0.2) is 72.8 Å². The molecule has 2 aromatic rings. The van der Waals surface area contributed by atoms with Crippen LogP contribution in [0.3, 0.4) is 0 Å². The molecule has 0 radical (unpaired) electrons. The van der Waals surface area contributed by atoms with Crippen LogP contribution < -0.4 is 10.2 Å². The lowest BCUT2D eigenvalue weighted by Crippen LogP contribution is -2.51. The lowest BCUT2D eigenvalue weighted by atomic mass is 10.1. The SMILES string of the molecule is O=C(CC1COCCN1)N1CCN(c2ncnc3ccsc23)CC1. The fourth-order valence-electron chi connectivity index (χ4n) is 3.26. The summed E-state index contributed by atoms with van der Waals surface area (Å²) >= 11 is 1.67. The number of anilines is 1. The summed E-state index contributed by atoms with van der Waals surface area (Å²) in [4.78, 5) is 25.4. The van der Waals surface area contributed by atoms with Crippen LogP contribution in [0, 0.1) is 0 Å². The van der Waals surface area contributed by atoms with Crippen LogP contribution >= 0.6 is 11.3 Å². The molecule has 2 fully saturated rings. The fraction of sp³-hybridized carbons (Fsp3) is 0.562. The molecule has 1 atom stereocenters. The minimum atomic E-state index is 0.150. The van der Waals surface area contributed by atoms with Crippen LogP contribution in [0.2, 0.25) is 0 Å². The summed E-state index contributed by atoms with van der Waals surface area (Å²) in [6.45, 7) is 5.29. The summed E-state index contributed by atoms with van der Waals surface area (Å²) in [6.07, 6.45) is 2.14. The Morgan fingerprint density at radius 2 is 2.21 bits per heavy atom. The molecular weight excluding hydrogens is 326 g/mol. The van der Waals surface area contributed by atoms with E-state index < -0.39 is 0 Å². The van der Waals surface area contributed by atoms with Gasteiger partial charge in [0.25, 0.3) is 0 Å². The highest BCUT2D eigenvalue weighted by atomic mass is 32.1. The molecule has 2 saturated heterocycles. The number of nitrogens with zero attached hydrogens (tertiary/aromatic N) is 4. The number of morpholine rings is 1. The lowest BCUT2D eigenvalue weighted by Gasteiger charge is -2.36. The summed E-state index contributed by atoms with van der Waals surface area (Å²) in [5.74, 6) is 1.20. The summed E-state index contributed by atoms with van der Waals surface area (Å²) in [5, 5.41) is 5.39. The highest BCUT2D eigenvalue weighted by Gasteiger charge is 2.26. The first-order valence-electron chi connectivity index (χ1n) is 8.33. The molecule has 0 spiro atoms. The second kappa shape index (κ2) is 7.00. The van der Waals surface area contributed by atoms with Crippen molar-refractivity contribution in [3.05, 3.63) is 17.8 Å². The Labute approximate surface area is 144 Å². The van der Waals surface area contributed by atoms with Gasteiger partial charge in [-0.25, -0.2) is 9.97 Å². The highest BCUT2D eigenvalue weighted by Crippen LogP contribution is 2.28. The number of piperazine rings is 1. The number of nitrogens with one attached hydrogen (secondary N) is 1. The molecule has 1 unspecified atom stereocenters. The molecule has 128 valence electrons. The van der Waals surface area contributed by atoms with Crippen LogP contribution in [0.15, 0.2) is 17.8 Å². The van der Waals surface area contributed by atoms with Gasteiger partial charge < -0.3 is 19.9 Å². The van der Waals surface area contributed by atoms with Crippen molar-refractivity contribution in [2.45, 2.75) is 12.5 Å². The summed E-state index contributed by atoms with van der Waals surface area (Å²) in [6, 6.07) is 2.17. The van der Waals surface area contributed by atoms with Crippen LogP contribution in [0.4, 0.5) is 5.82 Å². The van der Waals surface area contributed by atoms with Crippen molar-refractivity contribution in [1.29, 1.82) is 0 Å². The average Bonchev–Trinajstić information content (AvgIpc) is 3.11. The van der Waals surface area contributed by atoms with Crippen molar-refractivity contribution >= 4 is 33.3 Å². The average molecular weight is 347 g/mol. The van der Waals surface area contributed by atoms with Gasteiger partial charge in [-0.1, -0.05) is 0 Å². The zero-order chi connectivity index (χ0) is 16.4. The monoisotopic (exact) mass is 347 g/mol. The predicted molar refractivity (Wildman–Crippen MR) is 93.4 cm³/mol. The summed E-state index contributed by atoms with van der Waals surface area (Å²) < 4.78 is 6.55. The number of carbonyl (C=O) groups excluding carboxylic acids is 1. The third-order valence-electron chi connectivity index (χ3n) is 4.58. The van der Waals surface area contributed by atoms with Crippen LogP contribution in [0.25, 0.3) is 10.2 Å². The van der Waals surface area contributed by atoms with E-state index in [0.717, 1.165) is 55.4 Å². The van der Waals surface area contributed by atoms with E-state index in [1.165, 1.54) is 0 Å². The number of rotatable bonds is 3. The second-order valence-electron chi connectivity index (χ2n) is 6.13. The van der Waals surface area contributed by atoms with Gasteiger partial charge in [0.15, 0.2) is 0 Å². The molecule has 0 saturated carbocycles. The minimum absolute atomic E-state index is 0.150. The Bertz CT molecular complexity index is 707. The maximum Gasteiger partial charge on any atom is 0.224 e. The number of hydrogen-bond acceptors (Lipinski definition) is 7. The van der Waals surface area contributed by atoms with Crippen molar-refractivity contribution in [2.24, 2.45) is 0 Å². The van der Waals surface area contributed by atoms with E-state index >= 15 is 0 Å². The Morgan fingerprint density at radius 1 is 1.33 bits per heavy atom. The molecule has 0 aliphatic carbocycles. The minimum Gasteiger partial charge on any atom is -0.378 e. The van der Waals surface area contributed by atoms with Crippen LogP contribution in [-0.2, 0) is 9.53 Å². The molecule has 4 rings (SSSR count). The highest BCUT2D eigenvalue weighted by molar-refractivity contribution is 7.17. The molecule has 0 bridgehead atoms. The second-order valence-corrected chi connectivity index (χ2v) is 7.05. The lowest BCUT2D eigenvalue weighted by molar-refractivity contribution is -0.132. The molecule has 1 N–H and O–H groups in total. The molecule has 2 aromatic heterocycles. The van der Waals surface area contributed by atoms with Crippen molar-refractivity contribution in [2.75, 3.05) is 50.8 Å². The maximum absolute atomic E-state index is 12.5. The molecular formula is C16H21N5O2S. The first kappa shape index (κ1) is 15.7. The Balaban J connectivity index is 1.36. The van der Waals surface area contributed by atoms with Gasteiger partial charge in [0.05, 0.1) is 23.4 Å². The third kappa shape index (κ3) is 3.22. The van der Waals surface area contributed by atoms with E-state index in [4.69, 9.17) is 4.74 Å². The maximum atomic E-state index is 12.5. The molecule has 2 aliphatic heterocycles. The van der Waals surface area contributed by atoms with E-state index in [1.807, 2.05) is 16.3 Å². The molecule has 24 heavy (non-hydrogen) atoms. The van der Waals surface area contributed by atoms with E-state index in [9.17, 15) is 4.79 Å². The van der Waals surface area contributed by atoms with E-state index in [2.05, 4.69) is 20.2 Å². The zero-order valence-electron chi connectivity index (χ0n) is 13.5. The van der Waals surface area contributed by atoms with Gasteiger partial charge in [-0.2, -0.15) is 0 Å². The number of carbonyl (C=O) groups is 1. The Hall–Kier alpha value is -1.77. The van der Waals surface area contributed by atoms with Gasteiger partial charge in [-0.3, -0.25) is 4.79 Å². The number of fused-ring (bicyclic) bond motifs is 1. The number of ether oxygens (including phenoxy) is 1. The first-order chi connectivity index (χ1) is 11.8. The van der Waals surface area contributed by atoms with Gasteiger partial charge in [0.1, 0.15) is 12.1 Å². The molecule has 4 heterocycles. The van der Waals surface area contributed by atoms with Gasteiger partial charge in [-0.15, -0.1) is 11.3 Å². The molecule has 7 nitrogen and oxygen atoms in total. The van der Waals surface area contributed by atoms with Crippen molar-refractivity contribution < 1.29 is 9.53 Å². The molecule has 0 aromatic carbocycles. The van der Waals surface area contributed by atoms with E-state index in [0.29, 0.717) is 13.0 Å². The first-order valence-corrected chi connectivity index (χ1v) is 9.21. The van der Waals surface area contributed by atoms with Crippen LogP contribution in [0.5, 0.6) is 0 Å². The number of amides is 1. The fourth-order valence-corrected chi connectivity index (χ4v) is 4.12. The molecule has 1 amide bonds. The Morgan fingerprint density at radius 3 is 3.00 bits per heavy atom. The molecule has 2 aliphatic rings. The van der Waals surface area contributed by atoms with E-state index in [-0.39, 0.29) is 11.9 Å². The largest absolute Gasteiger partial charge is 0.378 e. The third-order valence-corrected chi connectivity index (χ3v) is 5.48. The number of hydrogen-bond donors (Lipinski definition) is 1. The number of aromatic nitrogens is 2. The zero-order valence-corrected chi connectivity index (χ0v) is 14.3. The smallest absolute Gasteiger partial charge is 0.224 e. The van der Waals surface area contributed by atoms with Gasteiger partial charge >= 0.3 is 0 Å². The van der Waals surface area contributed by atoms with Crippen LogP contribution in [0.1, 0.15) is 6.42 Å². The quantitative estimate of drug-likeness (QED) is 0.882. The van der Waals surface area contributed by atoms with Crippen molar-refractivity contribution in [3.63, 3.8) is 0 Å². The Kier molecular flexibility index (Phi) is 4.59. The van der Waals surface area contributed by atoms with Crippen molar-refractivity contribution in [1.82, 2.24) is 20.2 Å². The van der Waals surface area contributed by atoms with Gasteiger partial charge in [0.2, 0.25) is 5.91 Å². The van der Waals surface area contributed by atoms with Gasteiger partial charge in [-0.05, 0) is 11.4 Å². The topological polar surface area (TPSA) is 70.6 Å². The summed E-state index contributed by atoms with van der Waals surface area (Å²) in [5.41, 5.74) is 0.992. The van der Waals surface area contributed by atoms with E-state index in [1.54, 1.807) is 17.7 Å². The van der Waals surface area contributed by atoms with Crippen molar-refractivity contribution in [3.8, 4) is 0 Å². The number of thiophene rings is 1. The molecule has 8 heteroatoms. The standard InChI is InChI=1S/C16H21N5O2S/c22-14(9-12-10-23-7-2-17-12)20-3-5-21(6-4-20)16-15-13(1-8-24-15)18-11-19-16/h1,8,11-12,17H,2-7,9-10H2. The summed E-state index contributed by atoms with van der Waals surface area (Å²) in [7, 11) is 0. The predicted octanol–water partition coefficient (Wildman–Crippen LogP) is 0.718. The normalized spacial score (nSPS) is 22.1. The van der Waals surface area contributed by atoms with Gasteiger partial charge in [0, 0.05) is 45.2 Å².